The molecule has 0 spiro atoms. The van der Waals surface area contributed by atoms with E-state index in [0.717, 1.165) is 13.1 Å². The summed E-state index contributed by atoms with van der Waals surface area (Å²) in [5.74, 6) is 0. The summed E-state index contributed by atoms with van der Waals surface area (Å²) in [6.07, 6.45) is 2.56. The molecule has 1 saturated heterocycles. The van der Waals surface area contributed by atoms with Crippen LogP contribution in [0.4, 0.5) is 0 Å². The lowest BCUT2D eigenvalue weighted by Gasteiger charge is -2.39. The maximum atomic E-state index is 3.67. The smallest absolute Gasteiger partial charge is 0.0237 e. The molecule has 0 aromatic heterocycles. The summed E-state index contributed by atoms with van der Waals surface area (Å²) in [5.41, 5.74) is 4.22. The van der Waals surface area contributed by atoms with E-state index >= 15 is 0 Å². The fourth-order valence-electron chi connectivity index (χ4n) is 3.15. The number of hydrogen-bond acceptors (Lipinski definition) is 2. The van der Waals surface area contributed by atoms with Gasteiger partial charge in [-0.15, -0.1) is 0 Å². The molecule has 1 aromatic carbocycles. The molecule has 0 amide bonds. The van der Waals surface area contributed by atoms with Gasteiger partial charge in [-0.3, -0.25) is 4.90 Å². The highest BCUT2D eigenvalue weighted by molar-refractivity contribution is 5.28. The third-order valence-electron chi connectivity index (χ3n) is 4.08. The molecule has 2 nitrogen and oxygen atoms in total. The zero-order valence-corrected chi connectivity index (χ0v) is 12.9. The highest BCUT2D eigenvalue weighted by Crippen LogP contribution is 2.16. The van der Waals surface area contributed by atoms with E-state index in [2.05, 4.69) is 56.1 Å². The van der Waals surface area contributed by atoms with E-state index < -0.39 is 0 Å². The van der Waals surface area contributed by atoms with Crippen molar-refractivity contribution in [3.8, 4) is 0 Å². The second kappa shape index (κ2) is 6.53. The van der Waals surface area contributed by atoms with Crippen LogP contribution in [0.15, 0.2) is 18.2 Å². The van der Waals surface area contributed by atoms with Crippen LogP contribution in [0, 0.1) is 13.8 Å². The van der Waals surface area contributed by atoms with Crippen molar-refractivity contribution in [2.24, 2.45) is 0 Å². The van der Waals surface area contributed by atoms with Gasteiger partial charge in [-0.2, -0.15) is 0 Å². The molecule has 2 atom stereocenters. The Morgan fingerprint density at radius 3 is 2.53 bits per heavy atom. The van der Waals surface area contributed by atoms with Gasteiger partial charge in [0.2, 0.25) is 0 Å². The predicted molar refractivity (Wildman–Crippen MR) is 82.5 cm³/mol. The summed E-state index contributed by atoms with van der Waals surface area (Å²) in [6, 6.07) is 8.22. The minimum absolute atomic E-state index is 0.633. The molecule has 106 valence electrons. The summed E-state index contributed by atoms with van der Waals surface area (Å²) in [6.45, 7) is 12.4. The molecule has 1 aliphatic rings. The van der Waals surface area contributed by atoms with Gasteiger partial charge in [0.05, 0.1) is 0 Å². The maximum absolute atomic E-state index is 3.67. The van der Waals surface area contributed by atoms with Crippen LogP contribution in [0.1, 0.15) is 43.4 Å². The summed E-state index contributed by atoms with van der Waals surface area (Å²) in [5, 5.41) is 3.67. The summed E-state index contributed by atoms with van der Waals surface area (Å²) < 4.78 is 0. The van der Waals surface area contributed by atoms with Crippen LogP contribution in [0.2, 0.25) is 0 Å². The number of nitrogens with one attached hydrogen (secondary N) is 1. The summed E-state index contributed by atoms with van der Waals surface area (Å²) in [7, 11) is 0. The van der Waals surface area contributed by atoms with Crippen molar-refractivity contribution in [3.05, 3.63) is 34.9 Å². The topological polar surface area (TPSA) is 15.3 Å². The fourth-order valence-corrected chi connectivity index (χ4v) is 3.15. The van der Waals surface area contributed by atoms with Gasteiger partial charge in [-0.1, -0.05) is 42.7 Å². The van der Waals surface area contributed by atoms with Gasteiger partial charge in [-0.05, 0) is 32.8 Å². The van der Waals surface area contributed by atoms with Gasteiger partial charge in [0, 0.05) is 31.7 Å². The van der Waals surface area contributed by atoms with Crippen LogP contribution in [-0.2, 0) is 6.54 Å². The first-order valence-corrected chi connectivity index (χ1v) is 7.63. The van der Waals surface area contributed by atoms with Crippen LogP contribution in [0.3, 0.4) is 0 Å². The number of rotatable bonds is 4. The van der Waals surface area contributed by atoms with Crippen LogP contribution < -0.4 is 5.32 Å². The molecule has 19 heavy (non-hydrogen) atoms. The molecule has 2 heteroatoms. The van der Waals surface area contributed by atoms with Crippen molar-refractivity contribution in [2.45, 2.75) is 59.2 Å². The first-order valence-electron chi connectivity index (χ1n) is 7.63. The van der Waals surface area contributed by atoms with Gasteiger partial charge in [-0.25, -0.2) is 0 Å². The Hall–Kier alpha value is -0.860. The number of piperazine rings is 1. The van der Waals surface area contributed by atoms with Crippen molar-refractivity contribution in [3.63, 3.8) is 0 Å². The molecule has 1 heterocycles. The van der Waals surface area contributed by atoms with E-state index in [1.54, 1.807) is 0 Å². The van der Waals surface area contributed by atoms with Gasteiger partial charge in [0.15, 0.2) is 0 Å². The van der Waals surface area contributed by atoms with Gasteiger partial charge >= 0.3 is 0 Å². The zero-order valence-electron chi connectivity index (χ0n) is 12.9. The van der Waals surface area contributed by atoms with Crippen molar-refractivity contribution in [1.82, 2.24) is 10.2 Å². The average Bonchev–Trinajstić information content (AvgIpc) is 2.32. The molecule has 0 bridgehead atoms. The lowest BCUT2D eigenvalue weighted by molar-refractivity contribution is 0.129. The largest absolute Gasteiger partial charge is 0.311 e. The van der Waals surface area contributed by atoms with Crippen LogP contribution in [0.5, 0.6) is 0 Å². The zero-order chi connectivity index (χ0) is 13.8. The fraction of sp³-hybridized carbons (Fsp3) is 0.647. The normalized spacial score (nSPS) is 24.6. The first kappa shape index (κ1) is 14.5. The first-order chi connectivity index (χ1) is 9.08. The van der Waals surface area contributed by atoms with Crippen LogP contribution in [-0.4, -0.2) is 30.1 Å². The minimum Gasteiger partial charge on any atom is -0.311 e. The minimum atomic E-state index is 0.633. The van der Waals surface area contributed by atoms with E-state index in [1.807, 2.05) is 0 Å². The number of nitrogens with zero attached hydrogens (tertiary/aromatic N) is 1. The number of benzene rings is 1. The SMILES string of the molecule is CCCC1CN(Cc2cc(C)cc(C)c2)C(C)CN1. The van der Waals surface area contributed by atoms with Crippen LogP contribution >= 0.6 is 0 Å². The van der Waals surface area contributed by atoms with Crippen molar-refractivity contribution < 1.29 is 0 Å². The van der Waals surface area contributed by atoms with E-state index in [-0.39, 0.29) is 0 Å². The molecule has 0 aliphatic carbocycles. The van der Waals surface area contributed by atoms with E-state index in [4.69, 9.17) is 0 Å². The molecule has 1 aromatic rings. The molecule has 1 N–H and O–H groups in total. The Morgan fingerprint density at radius 1 is 1.21 bits per heavy atom. The highest BCUT2D eigenvalue weighted by Gasteiger charge is 2.24. The molecular weight excluding hydrogens is 232 g/mol. The highest BCUT2D eigenvalue weighted by atomic mass is 15.2. The Labute approximate surface area is 118 Å². The lowest BCUT2D eigenvalue weighted by atomic mass is 10.0. The molecule has 2 unspecified atom stereocenters. The molecular formula is C17H28N2. The van der Waals surface area contributed by atoms with Crippen molar-refractivity contribution >= 4 is 0 Å². The molecule has 1 fully saturated rings. The van der Waals surface area contributed by atoms with Gasteiger partial charge in [0.1, 0.15) is 0 Å². The van der Waals surface area contributed by atoms with Crippen molar-refractivity contribution in [1.29, 1.82) is 0 Å². The quantitative estimate of drug-likeness (QED) is 0.894. The Kier molecular flexibility index (Phi) is 5.00. The molecule has 0 radical (unpaired) electrons. The summed E-state index contributed by atoms with van der Waals surface area (Å²) in [4.78, 5) is 2.63. The number of aryl methyl sites for hydroxylation is 2. The molecule has 1 aliphatic heterocycles. The van der Waals surface area contributed by atoms with Crippen molar-refractivity contribution in [2.75, 3.05) is 13.1 Å². The standard InChI is InChI=1S/C17H28N2/c1-5-6-17-12-19(15(4)10-18-17)11-16-8-13(2)7-14(3)9-16/h7-9,15,17-18H,5-6,10-12H2,1-4H3. The second-order valence-electron chi connectivity index (χ2n) is 6.17. The van der Waals surface area contributed by atoms with E-state index in [0.29, 0.717) is 12.1 Å². The summed E-state index contributed by atoms with van der Waals surface area (Å²) >= 11 is 0. The average molecular weight is 260 g/mol. The van der Waals surface area contributed by atoms with Gasteiger partial charge in [0.25, 0.3) is 0 Å². The third kappa shape index (κ3) is 4.05. The Balaban J connectivity index is 2.03. The van der Waals surface area contributed by atoms with Gasteiger partial charge < -0.3 is 5.32 Å². The lowest BCUT2D eigenvalue weighted by Crippen LogP contribution is -2.54. The monoisotopic (exact) mass is 260 g/mol. The number of hydrogen-bond donors (Lipinski definition) is 1. The Bertz CT molecular complexity index is 393. The van der Waals surface area contributed by atoms with Crippen LogP contribution in [0.25, 0.3) is 0 Å². The Morgan fingerprint density at radius 2 is 1.89 bits per heavy atom. The predicted octanol–water partition coefficient (Wildman–Crippen LogP) is 3.27. The third-order valence-corrected chi connectivity index (χ3v) is 4.08. The molecule has 2 rings (SSSR count). The molecule has 0 saturated carbocycles. The second-order valence-corrected chi connectivity index (χ2v) is 6.17. The maximum Gasteiger partial charge on any atom is 0.0237 e. The van der Waals surface area contributed by atoms with E-state index in [1.165, 1.54) is 36.1 Å². The van der Waals surface area contributed by atoms with E-state index in [9.17, 15) is 0 Å².